The lowest BCUT2D eigenvalue weighted by Gasteiger charge is -2.23. The normalized spacial score (nSPS) is 10.4. The number of aryl methyl sites for hydroxylation is 4. The van der Waals surface area contributed by atoms with Crippen LogP contribution in [0.3, 0.4) is 0 Å². The van der Waals surface area contributed by atoms with Crippen LogP contribution in [-0.4, -0.2) is 46.3 Å². The number of carbonyl (C=O) groups excluding carboxylic acids is 2. The van der Waals surface area contributed by atoms with Crippen molar-refractivity contribution in [2.45, 2.75) is 40.8 Å². The standard InChI is InChI=1S/2C21H20ClN3O3/c2*1-14-7-6-8-15(2)19(14)28-21(26)25(18-11-12-23-20(22)24-18)13-16-9-4-5-10-17(16)27-3/h2*4-12H,13H2,1-3H3. The Morgan fingerprint density at radius 2 is 0.893 bits per heavy atom. The average Bonchev–Trinajstić information content (AvgIpc) is 3.19. The molecule has 0 aliphatic heterocycles. The molecule has 0 aliphatic carbocycles. The SMILES string of the molecule is COc1ccccc1CN(C(=O)Oc1c(C)cccc1C)c1ccnc(Cl)n1.COc1ccccc1CN(C(=O)Oc1c(C)cccc1C)c1ccnc(Cl)n1. The van der Waals surface area contributed by atoms with Crippen molar-refractivity contribution in [2.75, 3.05) is 24.0 Å². The maximum Gasteiger partial charge on any atom is 0.421 e. The number of methoxy groups -OCH3 is 2. The number of para-hydroxylation sites is 4. The fourth-order valence-corrected chi connectivity index (χ4v) is 5.93. The van der Waals surface area contributed by atoms with Crippen molar-refractivity contribution in [2.24, 2.45) is 0 Å². The van der Waals surface area contributed by atoms with Gasteiger partial charge in [-0.25, -0.2) is 29.5 Å². The van der Waals surface area contributed by atoms with E-state index in [0.717, 1.165) is 33.4 Å². The van der Waals surface area contributed by atoms with Gasteiger partial charge in [0.05, 0.1) is 27.3 Å². The van der Waals surface area contributed by atoms with Crippen molar-refractivity contribution >= 4 is 47.0 Å². The number of hydrogen-bond donors (Lipinski definition) is 0. The lowest BCUT2D eigenvalue weighted by molar-refractivity contribution is 0.205. The molecule has 6 aromatic rings. The second-order valence-corrected chi connectivity index (χ2v) is 13.0. The highest BCUT2D eigenvalue weighted by Gasteiger charge is 2.25. The van der Waals surface area contributed by atoms with E-state index < -0.39 is 12.2 Å². The number of anilines is 2. The molecule has 2 heterocycles. The summed E-state index contributed by atoms with van der Waals surface area (Å²) in [5.74, 6) is 3.04. The van der Waals surface area contributed by atoms with E-state index in [4.69, 9.17) is 42.1 Å². The largest absolute Gasteiger partial charge is 0.496 e. The van der Waals surface area contributed by atoms with E-state index in [1.54, 1.807) is 26.4 Å². The van der Waals surface area contributed by atoms with E-state index in [-0.39, 0.29) is 23.7 Å². The minimum Gasteiger partial charge on any atom is -0.496 e. The quantitative estimate of drug-likeness (QED) is 0.124. The smallest absolute Gasteiger partial charge is 0.421 e. The lowest BCUT2D eigenvalue weighted by Crippen LogP contribution is -2.34. The molecular weight excluding hydrogens is 755 g/mol. The van der Waals surface area contributed by atoms with Gasteiger partial charge in [-0.05, 0) is 97.4 Å². The molecule has 6 rings (SSSR count). The van der Waals surface area contributed by atoms with Gasteiger partial charge in [-0.2, -0.15) is 0 Å². The Balaban J connectivity index is 0.000000214. The Hall–Kier alpha value is -6.24. The molecule has 0 saturated heterocycles. The maximum atomic E-state index is 13.1. The number of ether oxygens (including phenoxy) is 4. The third-order valence-electron chi connectivity index (χ3n) is 8.46. The number of nitrogens with zero attached hydrogens (tertiary/aromatic N) is 6. The van der Waals surface area contributed by atoms with Crippen molar-refractivity contribution in [1.82, 2.24) is 19.9 Å². The molecule has 0 radical (unpaired) electrons. The number of amides is 2. The number of carbonyl (C=O) groups is 2. The van der Waals surface area contributed by atoms with Crippen LogP contribution in [0.1, 0.15) is 33.4 Å². The van der Waals surface area contributed by atoms with Gasteiger partial charge in [-0.15, -0.1) is 0 Å². The molecule has 14 heteroatoms. The highest BCUT2D eigenvalue weighted by Crippen LogP contribution is 2.29. The van der Waals surface area contributed by atoms with Crippen LogP contribution in [0.5, 0.6) is 23.0 Å². The van der Waals surface area contributed by atoms with Gasteiger partial charge in [0.2, 0.25) is 10.6 Å². The summed E-state index contributed by atoms with van der Waals surface area (Å²) in [4.78, 5) is 45.1. The third-order valence-corrected chi connectivity index (χ3v) is 8.82. The van der Waals surface area contributed by atoms with Gasteiger partial charge in [-0.1, -0.05) is 72.8 Å². The molecule has 0 N–H and O–H groups in total. The molecule has 0 spiro atoms. The molecule has 0 saturated carbocycles. The molecule has 12 nitrogen and oxygen atoms in total. The van der Waals surface area contributed by atoms with E-state index in [2.05, 4.69) is 19.9 Å². The first-order valence-corrected chi connectivity index (χ1v) is 18.1. The monoisotopic (exact) mass is 794 g/mol. The van der Waals surface area contributed by atoms with Crippen molar-refractivity contribution < 1.29 is 28.5 Å². The van der Waals surface area contributed by atoms with Crippen LogP contribution in [0.4, 0.5) is 21.2 Å². The molecule has 2 amide bonds. The molecule has 56 heavy (non-hydrogen) atoms. The number of benzene rings is 4. The predicted molar refractivity (Wildman–Crippen MR) is 216 cm³/mol. The average molecular weight is 796 g/mol. The van der Waals surface area contributed by atoms with Crippen molar-refractivity contribution in [1.29, 1.82) is 0 Å². The summed E-state index contributed by atoms with van der Waals surface area (Å²) in [5, 5.41) is 0.0878. The Morgan fingerprint density at radius 1 is 0.536 bits per heavy atom. The van der Waals surface area contributed by atoms with Crippen LogP contribution >= 0.6 is 23.2 Å². The first-order chi connectivity index (χ1) is 27.0. The van der Waals surface area contributed by atoms with Gasteiger partial charge >= 0.3 is 12.2 Å². The molecule has 2 aromatic heterocycles. The summed E-state index contributed by atoms with van der Waals surface area (Å²) >= 11 is 11.9. The van der Waals surface area contributed by atoms with E-state index in [0.29, 0.717) is 34.6 Å². The molecule has 0 unspecified atom stereocenters. The van der Waals surface area contributed by atoms with Crippen LogP contribution < -0.4 is 28.7 Å². The Kier molecular flexibility index (Phi) is 14.2. The summed E-state index contributed by atoms with van der Waals surface area (Å²) < 4.78 is 22.3. The van der Waals surface area contributed by atoms with Gasteiger partial charge in [0.15, 0.2) is 0 Å². The molecule has 288 valence electrons. The molecule has 0 fully saturated rings. The van der Waals surface area contributed by atoms with E-state index in [1.165, 1.54) is 22.2 Å². The second kappa shape index (κ2) is 19.4. The molecule has 0 atom stereocenters. The van der Waals surface area contributed by atoms with Gasteiger partial charge in [0.1, 0.15) is 34.6 Å². The Bertz CT molecular complexity index is 2110. The number of hydrogen-bond acceptors (Lipinski definition) is 10. The zero-order valence-electron chi connectivity index (χ0n) is 31.7. The zero-order valence-corrected chi connectivity index (χ0v) is 33.2. The predicted octanol–water partition coefficient (Wildman–Crippen LogP) is 9.92. The highest BCUT2D eigenvalue weighted by atomic mass is 35.5. The van der Waals surface area contributed by atoms with Crippen LogP contribution in [0.15, 0.2) is 109 Å². The highest BCUT2D eigenvalue weighted by molar-refractivity contribution is 6.28. The first kappa shape index (κ1) is 40.9. The molecule has 4 aromatic carbocycles. The minimum atomic E-state index is -0.571. The molecular formula is C42H40Cl2N6O6. The lowest BCUT2D eigenvalue weighted by atomic mass is 10.1. The van der Waals surface area contributed by atoms with Crippen LogP contribution in [-0.2, 0) is 13.1 Å². The third kappa shape index (κ3) is 10.5. The minimum absolute atomic E-state index is 0.0439. The zero-order chi connectivity index (χ0) is 40.2. The fourth-order valence-electron chi connectivity index (χ4n) is 5.64. The summed E-state index contributed by atoms with van der Waals surface area (Å²) in [6, 6.07) is 29.5. The Labute approximate surface area is 335 Å². The Morgan fingerprint density at radius 3 is 1.23 bits per heavy atom. The summed E-state index contributed by atoms with van der Waals surface area (Å²) in [5.41, 5.74) is 5.08. The second-order valence-electron chi connectivity index (χ2n) is 12.3. The summed E-state index contributed by atoms with van der Waals surface area (Å²) in [6.45, 7) is 7.95. The van der Waals surface area contributed by atoms with Gasteiger partial charge in [0, 0.05) is 23.5 Å². The number of rotatable bonds is 10. The van der Waals surface area contributed by atoms with Gasteiger partial charge in [0.25, 0.3) is 0 Å². The van der Waals surface area contributed by atoms with Crippen LogP contribution in [0.2, 0.25) is 10.6 Å². The van der Waals surface area contributed by atoms with E-state index in [1.807, 2.05) is 113 Å². The van der Waals surface area contributed by atoms with E-state index in [9.17, 15) is 9.59 Å². The maximum absolute atomic E-state index is 13.1. The number of aromatic nitrogens is 4. The van der Waals surface area contributed by atoms with Crippen molar-refractivity contribution in [3.63, 3.8) is 0 Å². The van der Waals surface area contributed by atoms with Crippen LogP contribution in [0, 0.1) is 27.7 Å². The topological polar surface area (TPSA) is 129 Å². The number of halogens is 2. The fraction of sp³-hybridized carbons (Fsp3) is 0.190. The molecule has 0 aliphatic rings. The van der Waals surface area contributed by atoms with Gasteiger partial charge in [-0.3, -0.25) is 9.80 Å². The molecule has 0 bridgehead atoms. The first-order valence-electron chi connectivity index (χ1n) is 17.3. The van der Waals surface area contributed by atoms with Crippen LogP contribution in [0.25, 0.3) is 0 Å². The summed E-state index contributed by atoms with van der Waals surface area (Å²) in [7, 11) is 3.17. The summed E-state index contributed by atoms with van der Waals surface area (Å²) in [6.07, 6.45) is 1.84. The van der Waals surface area contributed by atoms with E-state index >= 15 is 0 Å². The van der Waals surface area contributed by atoms with Gasteiger partial charge < -0.3 is 18.9 Å². The van der Waals surface area contributed by atoms with Crippen molar-refractivity contribution in [3.8, 4) is 23.0 Å². The van der Waals surface area contributed by atoms with Crippen molar-refractivity contribution in [3.05, 3.63) is 153 Å².